The minimum Gasteiger partial charge on any atom is -0.309 e. The van der Waals surface area contributed by atoms with Gasteiger partial charge in [0.1, 0.15) is 0 Å². The summed E-state index contributed by atoms with van der Waals surface area (Å²) in [7, 11) is 0. The van der Waals surface area contributed by atoms with Gasteiger partial charge in [0.25, 0.3) is 0 Å². The number of nitrogens with zero attached hydrogens (tertiary/aromatic N) is 3. The van der Waals surface area contributed by atoms with E-state index in [-0.39, 0.29) is 0 Å². The monoisotopic (exact) mass is 571 g/mol. The lowest BCUT2D eigenvalue weighted by molar-refractivity contribution is 1.18. The lowest BCUT2D eigenvalue weighted by Gasteiger charge is -2.13. The Morgan fingerprint density at radius 1 is 0.444 bits per heavy atom. The number of hydrogen-bond acceptors (Lipinski definition) is 2. The Morgan fingerprint density at radius 3 is 1.98 bits per heavy atom. The van der Waals surface area contributed by atoms with Crippen molar-refractivity contribution in [2.75, 3.05) is 0 Å². The predicted molar refractivity (Wildman–Crippen MR) is 187 cm³/mol. The number of fused-ring (bicyclic) bond motifs is 7. The Balaban J connectivity index is 1.15. The predicted octanol–water partition coefficient (Wildman–Crippen LogP) is 10.9. The molecule has 0 radical (unpaired) electrons. The van der Waals surface area contributed by atoms with Crippen LogP contribution in [0.3, 0.4) is 0 Å². The van der Waals surface area contributed by atoms with E-state index in [9.17, 15) is 0 Å². The normalized spacial score (nSPS) is 12.0. The van der Waals surface area contributed by atoms with Crippen LogP contribution in [0.2, 0.25) is 0 Å². The van der Waals surface area contributed by atoms with Crippen molar-refractivity contribution < 1.29 is 0 Å². The minimum atomic E-state index is 0.752. The second-order valence-electron chi connectivity index (χ2n) is 11.8. The van der Waals surface area contributed by atoms with Gasteiger partial charge in [-0.25, -0.2) is 9.97 Å². The van der Waals surface area contributed by atoms with Gasteiger partial charge in [-0.3, -0.25) is 0 Å². The molecule has 0 atom stereocenters. The zero-order valence-corrected chi connectivity index (χ0v) is 24.3. The molecule has 45 heavy (non-hydrogen) atoms. The highest BCUT2D eigenvalue weighted by Crippen LogP contribution is 2.47. The molecule has 0 aliphatic heterocycles. The zero-order chi connectivity index (χ0) is 29.5. The zero-order valence-electron chi connectivity index (χ0n) is 24.3. The van der Waals surface area contributed by atoms with Gasteiger partial charge in [0, 0.05) is 39.3 Å². The molecule has 0 spiro atoms. The van der Waals surface area contributed by atoms with Crippen molar-refractivity contribution in [2.45, 2.75) is 0 Å². The van der Waals surface area contributed by atoms with Gasteiger partial charge >= 0.3 is 0 Å². The van der Waals surface area contributed by atoms with Gasteiger partial charge in [0.05, 0.1) is 16.7 Å². The van der Waals surface area contributed by atoms with Gasteiger partial charge in [0.15, 0.2) is 5.82 Å². The second kappa shape index (κ2) is 9.22. The standard InChI is InChI=1S/C42H25N3/c1-2-12-28(13-3-1)45-38-19-7-6-16-32(38)36-24-27(20-23-39(36)45)29-21-22-34(31-15-5-4-14-30(29)31)42-43-25-37-33-17-8-10-26-11-9-18-35(40(26)33)41(37)44-42/h1-25H. The van der Waals surface area contributed by atoms with Crippen LogP contribution in [0.5, 0.6) is 0 Å². The molecule has 0 fully saturated rings. The molecular weight excluding hydrogens is 546 g/mol. The Morgan fingerprint density at radius 2 is 1.13 bits per heavy atom. The first kappa shape index (κ1) is 24.4. The molecule has 0 amide bonds. The van der Waals surface area contributed by atoms with Crippen molar-refractivity contribution in [3.63, 3.8) is 0 Å². The van der Waals surface area contributed by atoms with Crippen molar-refractivity contribution >= 4 is 43.4 Å². The summed E-state index contributed by atoms with van der Waals surface area (Å²) in [5.41, 5.74) is 11.5. The summed E-state index contributed by atoms with van der Waals surface area (Å²) in [4.78, 5) is 10.1. The Kier molecular flexibility index (Phi) is 5.00. The van der Waals surface area contributed by atoms with E-state index in [4.69, 9.17) is 9.97 Å². The fourth-order valence-electron chi connectivity index (χ4n) is 7.42. The van der Waals surface area contributed by atoms with Crippen molar-refractivity contribution in [2.24, 2.45) is 0 Å². The lowest BCUT2D eigenvalue weighted by atomic mass is 9.94. The molecule has 2 heterocycles. The highest BCUT2D eigenvalue weighted by atomic mass is 15.0. The lowest BCUT2D eigenvalue weighted by Crippen LogP contribution is -1.94. The first-order valence-electron chi connectivity index (χ1n) is 15.3. The molecule has 0 saturated carbocycles. The summed E-state index contributed by atoms with van der Waals surface area (Å²) in [6, 6.07) is 52.2. The van der Waals surface area contributed by atoms with E-state index in [1.807, 2.05) is 6.20 Å². The molecule has 2 aromatic heterocycles. The Bertz CT molecular complexity index is 2640. The van der Waals surface area contributed by atoms with Gasteiger partial charge < -0.3 is 4.57 Å². The maximum atomic E-state index is 5.21. The highest BCUT2D eigenvalue weighted by molar-refractivity contribution is 6.15. The first-order chi connectivity index (χ1) is 22.3. The SMILES string of the molecule is c1ccc(-n2c3ccccc3c3cc(-c4ccc(-c5ncc6c(n5)-c5cccc7cccc-6c57)c5ccccc45)ccc32)cc1. The van der Waals surface area contributed by atoms with Crippen molar-refractivity contribution in [1.82, 2.24) is 14.5 Å². The van der Waals surface area contributed by atoms with Gasteiger partial charge in [0.2, 0.25) is 0 Å². The third kappa shape index (κ3) is 3.46. The Hall–Kier alpha value is -6.06. The fraction of sp³-hybridized carbons (Fsp3) is 0. The number of para-hydroxylation sites is 2. The van der Waals surface area contributed by atoms with Crippen molar-refractivity contribution in [3.8, 4) is 50.6 Å². The van der Waals surface area contributed by atoms with Crippen LogP contribution in [-0.4, -0.2) is 14.5 Å². The van der Waals surface area contributed by atoms with Crippen LogP contribution in [0.15, 0.2) is 152 Å². The summed E-state index contributed by atoms with van der Waals surface area (Å²) < 4.78 is 2.36. The Labute approximate surface area is 259 Å². The summed E-state index contributed by atoms with van der Waals surface area (Å²) >= 11 is 0. The van der Waals surface area contributed by atoms with E-state index in [0.717, 1.165) is 28.0 Å². The van der Waals surface area contributed by atoms with Crippen LogP contribution in [-0.2, 0) is 0 Å². The first-order valence-corrected chi connectivity index (χ1v) is 15.3. The molecule has 1 aliphatic rings. The number of rotatable bonds is 3. The summed E-state index contributed by atoms with van der Waals surface area (Å²) in [6.45, 7) is 0. The van der Waals surface area contributed by atoms with Crippen molar-refractivity contribution in [3.05, 3.63) is 152 Å². The second-order valence-corrected chi connectivity index (χ2v) is 11.8. The minimum absolute atomic E-state index is 0.752. The number of aromatic nitrogens is 3. The average Bonchev–Trinajstić information content (AvgIpc) is 3.61. The van der Waals surface area contributed by atoms with Crippen LogP contribution >= 0.6 is 0 Å². The van der Waals surface area contributed by atoms with Gasteiger partial charge in [-0.2, -0.15) is 0 Å². The topological polar surface area (TPSA) is 30.7 Å². The molecular formula is C42H25N3. The number of hydrogen-bond donors (Lipinski definition) is 0. The molecule has 9 aromatic rings. The fourth-order valence-corrected chi connectivity index (χ4v) is 7.42. The maximum Gasteiger partial charge on any atom is 0.160 e. The quantitative estimate of drug-likeness (QED) is 0.211. The largest absolute Gasteiger partial charge is 0.309 e. The third-order valence-corrected chi connectivity index (χ3v) is 9.40. The van der Waals surface area contributed by atoms with Crippen molar-refractivity contribution in [1.29, 1.82) is 0 Å². The average molecular weight is 572 g/mol. The smallest absolute Gasteiger partial charge is 0.160 e. The molecule has 10 rings (SSSR count). The van der Waals surface area contributed by atoms with Gasteiger partial charge in [-0.1, -0.05) is 109 Å². The van der Waals surface area contributed by atoms with Crippen LogP contribution in [0.1, 0.15) is 0 Å². The van der Waals surface area contributed by atoms with E-state index >= 15 is 0 Å². The third-order valence-electron chi connectivity index (χ3n) is 9.40. The van der Waals surface area contributed by atoms with Gasteiger partial charge in [-0.15, -0.1) is 0 Å². The molecule has 0 bridgehead atoms. The molecule has 0 N–H and O–H groups in total. The molecule has 3 nitrogen and oxygen atoms in total. The van der Waals surface area contributed by atoms with E-state index in [1.54, 1.807) is 0 Å². The molecule has 0 unspecified atom stereocenters. The molecule has 7 aromatic carbocycles. The van der Waals surface area contributed by atoms with E-state index < -0.39 is 0 Å². The summed E-state index contributed by atoms with van der Waals surface area (Å²) in [5, 5.41) is 7.34. The number of benzene rings is 7. The van der Waals surface area contributed by atoms with E-state index in [1.165, 1.54) is 65.9 Å². The molecule has 1 aliphatic carbocycles. The molecule has 0 saturated heterocycles. The highest BCUT2D eigenvalue weighted by Gasteiger charge is 2.24. The van der Waals surface area contributed by atoms with Gasteiger partial charge in [-0.05, 0) is 74.6 Å². The maximum absolute atomic E-state index is 5.21. The summed E-state index contributed by atoms with van der Waals surface area (Å²) in [5.74, 6) is 0.752. The summed E-state index contributed by atoms with van der Waals surface area (Å²) in [6.07, 6.45) is 2.01. The van der Waals surface area contributed by atoms with Crippen LogP contribution in [0.25, 0.3) is 93.9 Å². The van der Waals surface area contributed by atoms with Crippen LogP contribution in [0.4, 0.5) is 0 Å². The van der Waals surface area contributed by atoms with E-state index in [0.29, 0.717) is 0 Å². The van der Waals surface area contributed by atoms with Crippen LogP contribution in [0, 0.1) is 0 Å². The van der Waals surface area contributed by atoms with E-state index in [2.05, 4.69) is 150 Å². The molecule has 208 valence electrons. The molecule has 3 heteroatoms. The van der Waals surface area contributed by atoms with Crippen LogP contribution < -0.4 is 0 Å².